The first-order valence-corrected chi connectivity index (χ1v) is 19.0. The van der Waals surface area contributed by atoms with E-state index in [0.29, 0.717) is 17.5 Å². The van der Waals surface area contributed by atoms with Gasteiger partial charge in [-0.1, -0.05) is 48.7 Å². The van der Waals surface area contributed by atoms with E-state index in [1.54, 1.807) is 38.1 Å². The van der Waals surface area contributed by atoms with Gasteiger partial charge in [-0.25, -0.2) is 31.5 Å². The third-order valence-electron chi connectivity index (χ3n) is 8.58. The molecule has 1 heterocycles. The summed E-state index contributed by atoms with van der Waals surface area (Å²) in [6, 6.07) is 7.08. The summed E-state index contributed by atoms with van der Waals surface area (Å²) in [5, 5.41) is 17.7. The minimum atomic E-state index is -4.23. The maximum Gasteiger partial charge on any atom is 0.326 e. The van der Waals surface area contributed by atoms with Gasteiger partial charge in [0.2, 0.25) is 26.0 Å². The Balaban J connectivity index is 1.33. The smallest absolute Gasteiger partial charge is 0.326 e. The number of hydrogen-bond donors (Lipinski definition) is 4. The molecule has 2 aromatic carbocycles. The second-order valence-electron chi connectivity index (χ2n) is 11.9. The van der Waals surface area contributed by atoms with Gasteiger partial charge in [-0.2, -0.15) is 0 Å². The van der Waals surface area contributed by atoms with Crippen molar-refractivity contribution in [2.75, 3.05) is 13.2 Å². The Labute approximate surface area is 285 Å². The molecule has 48 heavy (non-hydrogen) atoms. The summed E-state index contributed by atoms with van der Waals surface area (Å²) in [6.45, 7) is 3.24. The molecular formula is C31H41ClN4O10S2. The van der Waals surface area contributed by atoms with Gasteiger partial charge in [-0.05, 0) is 68.4 Å². The Morgan fingerprint density at radius 1 is 1.06 bits per heavy atom. The molecule has 0 bridgehead atoms. The quantitative estimate of drug-likeness (QED) is 0.195. The molecule has 14 nitrogen and oxygen atoms in total. The Morgan fingerprint density at radius 3 is 2.38 bits per heavy atom. The summed E-state index contributed by atoms with van der Waals surface area (Å²) in [4.78, 5) is 39.0. The fourth-order valence-corrected chi connectivity index (χ4v) is 8.39. The van der Waals surface area contributed by atoms with Crippen molar-refractivity contribution < 1.29 is 45.8 Å². The van der Waals surface area contributed by atoms with E-state index < -0.39 is 55.0 Å². The third-order valence-corrected chi connectivity index (χ3v) is 11.4. The van der Waals surface area contributed by atoms with Crippen LogP contribution in [-0.2, 0) is 57.1 Å². The number of aliphatic carboxylic acids is 1. The standard InChI is InChI=1S/C31H41ClN4O10S2/c1-3-46-31(40)25(35-19(2)29(37)36-26-7-5-4-6-22(26)14-27(36)30(38)39)18-45-17-21-10-8-20(9-11-21)16-34-48(43,44)23-12-13-24(32)28(15-23)47(33,41)42/h8-13,15,19,22,25-27,34-35H,3-7,14,16-18H2,1-2H3,(H,38,39)(H2,33,41,42)/t19?,22-,25+,26-,27+/m1/s1. The zero-order valence-corrected chi connectivity index (χ0v) is 29.0. The Bertz CT molecular complexity index is 1710. The van der Waals surface area contributed by atoms with Gasteiger partial charge in [-0.15, -0.1) is 0 Å². The zero-order valence-electron chi connectivity index (χ0n) is 26.6. The molecule has 2 aromatic rings. The van der Waals surface area contributed by atoms with Gasteiger partial charge in [0.05, 0.1) is 35.8 Å². The van der Waals surface area contributed by atoms with E-state index in [1.165, 1.54) is 11.0 Å². The summed E-state index contributed by atoms with van der Waals surface area (Å²) in [7, 11) is -8.33. The highest BCUT2D eigenvalue weighted by atomic mass is 35.5. The molecule has 264 valence electrons. The fraction of sp³-hybridized carbons (Fsp3) is 0.516. The zero-order chi connectivity index (χ0) is 35.2. The number of halogens is 1. The summed E-state index contributed by atoms with van der Waals surface area (Å²) in [6.07, 6.45) is 4.03. The van der Waals surface area contributed by atoms with Crippen molar-refractivity contribution in [2.24, 2.45) is 11.1 Å². The molecule has 0 spiro atoms. The highest BCUT2D eigenvalue weighted by molar-refractivity contribution is 7.90. The first kappa shape index (κ1) is 37.7. The van der Waals surface area contributed by atoms with Crippen LogP contribution in [0, 0.1) is 5.92 Å². The van der Waals surface area contributed by atoms with Crippen molar-refractivity contribution >= 4 is 49.5 Å². The van der Waals surface area contributed by atoms with E-state index in [9.17, 15) is 36.3 Å². The second-order valence-corrected chi connectivity index (χ2v) is 15.6. The normalized spacial score (nSPS) is 20.9. The average Bonchev–Trinajstić information content (AvgIpc) is 3.43. The van der Waals surface area contributed by atoms with Gasteiger partial charge in [-0.3, -0.25) is 14.9 Å². The number of likely N-dealkylation sites (tertiary alicyclic amines) is 1. The average molecular weight is 729 g/mol. The molecule has 1 aliphatic carbocycles. The molecule has 4 rings (SSSR count). The van der Waals surface area contributed by atoms with Crippen molar-refractivity contribution in [2.45, 2.75) is 93.1 Å². The second kappa shape index (κ2) is 16.1. The maximum atomic E-state index is 13.6. The molecule has 0 aromatic heterocycles. The number of carboxylic acids is 1. The van der Waals surface area contributed by atoms with E-state index in [4.69, 9.17) is 26.2 Å². The first-order chi connectivity index (χ1) is 22.6. The van der Waals surface area contributed by atoms with Gasteiger partial charge >= 0.3 is 11.9 Å². The lowest BCUT2D eigenvalue weighted by Gasteiger charge is -2.35. The van der Waals surface area contributed by atoms with Gasteiger partial charge in [0.25, 0.3) is 0 Å². The number of benzene rings is 2. The molecule has 2 fully saturated rings. The first-order valence-electron chi connectivity index (χ1n) is 15.6. The molecule has 1 aliphatic heterocycles. The predicted octanol–water partition coefficient (Wildman–Crippen LogP) is 2.14. The highest BCUT2D eigenvalue weighted by Crippen LogP contribution is 2.40. The largest absolute Gasteiger partial charge is 0.480 e. The lowest BCUT2D eigenvalue weighted by Crippen LogP contribution is -2.56. The highest BCUT2D eigenvalue weighted by Gasteiger charge is 2.48. The molecular weight excluding hydrogens is 688 g/mol. The van der Waals surface area contributed by atoms with Crippen LogP contribution in [-0.4, -0.2) is 82.1 Å². The van der Waals surface area contributed by atoms with Gasteiger partial charge < -0.3 is 19.5 Å². The van der Waals surface area contributed by atoms with Crippen molar-refractivity contribution in [3.63, 3.8) is 0 Å². The molecule has 17 heteroatoms. The Hall–Kier alpha value is -3.12. The lowest BCUT2D eigenvalue weighted by molar-refractivity contribution is -0.152. The topological polar surface area (TPSA) is 211 Å². The van der Waals surface area contributed by atoms with Gasteiger partial charge in [0, 0.05) is 12.6 Å². The number of carbonyl (C=O) groups is 3. The van der Waals surface area contributed by atoms with E-state index in [1.807, 2.05) is 0 Å². The van der Waals surface area contributed by atoms with Crippen LogP contribution in [0.4, 0.5) is 0 Å². The minimum Gasteiger partial charge on any atom is -0.480 e. The minimum absolute atomic E-state index is 0.0873. The van der Waals surface area contributed by atoms with Crippen LogP contribution in [0.25, 0.3) is 0 Å². The molecule has 5 N–H and O–H groups in total. The lowest BCUT2D eigenvalue weighted by atomic mass is 9.84. The fourth-order valence-electron chi connectivity index (χ4n) is 6.20. The third kappa shape index (κ3) is 9.31. The molecule has 0 radical (unpaired) electrons. The van der Waals surface area contributed by atoms with Crippen LogP contribution in [0.2, 0.25) is 5.02 Å². The molecule has 5 atom stereocenters. The van der Waals surface area contributed by atoms with Gasteiger partial charge in [0.1, 0.15) is 17.0 Å². The SMILES string of the molecule is CCOC(=O)[C@H](COCc1ccc(CNS(=O)(=O)c2ccc(Cl)c(S(N)(=O)=O)c2)cc1)NC(C)C(=O)N1[C@@H]2CCCC[C@@H]2C[C@H]1C(=O)O. The molecule has 1 saturated carbocycles. The number of rotatable bonds is 15. The number of fused-ring (bicyclic) bond motifs is 1. The van der Waals surface area contributed by atoms with Crippen molar-refractivity contribution in [3.05, 3.63) is 58.6 Å². The number of carbonyl (C=O) groups excluding carboxylic acids is 2. The van der Waals surface area contributed by atoms with E-state index >= 15 is 0 Å². The van der Waals surface area contributed by atoms with Crippen LogP contribution in [0.15, 0.2) is 52.3 Å². The summed E-state index contributed by atoms with van der Waals surface area (Å²) < 4.78 is 62.4. The molecule has 2 aliphatic rings. The predicted molar refractivity (Wildman–Crippen MR) is 175 cm³/mol. The van der Waals surface area contributed by atoms with Crippen molar-refractivity contribution in [1.82, 2.24) is 14.9 Å². The number of nitrogens with one attached hydrogen (secondary N) is 2. The molecule has 1 saturated heterocycles. The maximum absolute atomic E-state index is 13.6. The summed E-state index contributed by atoms with van der Waals surface area (Å²) in [5.41, 5.74) is 1.32. The Morgan fingerprint density at radius 2 is 1.73 bits per heavy atom. The van der Waals surface area contributed by atoms with Crippen LogP contribution in [0.3, 0.4) is 0 Å². The van der Waals surface area contributed by atoms with Gasteiger partial charge in [0.15, 0.2) is 0 Å². The number of amides is 1. The van der Waals surface area contributed by atoms with E-state index in [2.05, 4.69) is 10.0 Å². The molecule has 1 unspecified atom stereocenters. The number of primary sulfonamides is 1. The summed E-state index contributed by atoms with van der Waals surface area (Å²) in [5.74, 6) is -1.86. The number of ether oxygens (including phenoxy) is 2. The van der Waals surface area contributed by atoms with E-state index in [0.717, 1.165) is 37.8 Å². The number of carboxylic acid groups (broad SMARTS) is 1. The van der Waals surface area contributed by atoms with Crippen LogP contribution >= 0.6 is 11.6 Å². The van der Waals surface area contributed by atoms with Crippen LogP contribution < -0.4 is 15.2 Å². The number of nitrogens with zero attached hydrogens (tertiary/aromatic N) is 1. The number of esters is 1. The number of sulfonamides is 2. The monoisotopic (exact) mass is 728 g/mol. The van der Waals surface area contributed by atoms with Crippen LogP contribution in [0.1, 0.15) is 57.1 Å². The van der Waals surface area contributed by atoms with E-state index in [-0.39, 0.29) is 54.2 Å². The summed E-state index contributed by atoms with van der Waals surface area (Å²) >= 11 is 5.85. The van der Waals surface area contributed by atoms with Crippen LogP contribution in [0.5, 0.6) is 0 Å². The van der Waals surface area contributed by atoms with Crippen molar-refractivity contribution in [3.8, 4) is 0 Å². The number of hydrogen-bond acceptors (Lipinski definition) is 10. The van der Waals surface area contributed by atoms with Crippen molar-refractivity contribution in [1.29, 1.82) is 0 Å². The Kier molecular flexibility index (Phi) is 12.6. The molecule has 1 amide bonds. The number of nitrogens with two attached hydrogens (primary N) is 1.